The molecule has 0 bridgehead atoms. The van der Waals surface area contributed by atoms with E-state index in [-0.39, 0.29) is 5.91 Å². The summed E-state index contributed by atoms with van der Waals surface area (Å²) in [7, 11) is 0. The van der Waals surface area contributed by atoms with E-state index in [0.717, 1.165) is 31.3 Å². The molecule has 1 atom stereocenters. The van der Waals surface area contributed by atoms with E-state index >= 15 is 0 Å². The second kappa shape index (κ2) is 6.82. The van der Waals surface area contributed by atoms with E-state index < -0.39 is 0 Å². The van der Waals surface area contributed by atoms with Gasteiger partial charge in [0, 0.05) is 5.57 Å². The summed E-state index contributed by atoms with van der Waals surface area (Å²) in [4.78, 5) is 11.9. The zero-order valence-electron chi connectivity index (χ0n) is 13.6. The summed E-state index contributed by atoms with van der Waals surface area (Å²) in [6.45, 7) is 2.16. The van der Waals surface area contributed by atoms with E-state index in [1.807, 2.05) is 6.07 Å². The average molecular weight is 305 g/mol. The number of hydrogen-bond donors (Lipinski definition) is 1. The Morgan fingerprint density at radius 2 is 1.78 bits per heavy atom. The van der Waals surface area contributed by atoms with Gasteiger partial charge in [0.15, 0.2) is 0 Å². The Hall–Kier alpha value is -2.35. The lowest BCUT2D eigenvalue weighted by Crippen LogP contribution is -2.14. The minimum atomic E-state index is -0.263. The molecule has 0 aromatic heterocycles. The molecule has 0 heterocycles. The van der Waals surface area contributed by atoms with Crippen LogP contribution in [0.25, 0.3) is 5.57 Å². The monoisotopic (exact) mass is 305 g/mol. The van der Waals surface area contributed by atoms with Crippen molar-refractivity contribution >= 4 is 11.5 Å². The standard InChI is InChI=1S/C21H23NO/c1-2-16-10-6-7-11-18(16)20-17(12-13-19(20)21(22)23)14-15-8-4-3-5-9-15/h3-11,17H,2,12-14H2,1H3,(H2,22,23). The van der Waals surface area contributed by atoms with Crippen LogP contribution in [0.5, 0.6) is 0 Å². The van der Waals surface area contributed by atoms with E-state index in [1.165, 1.54) is 22.3 Å². The molecule has 1 aliphatic rings. The normalized spacial score (nSPS) is 17.5. The van der Waals surface area contributed by atoms with Crippen molar-refractivity contribution in [2.45, 2.75) is 32.6 Å². The third-order valence-corrected chi connectivity index (χ3v) is 4.79. The van der Waals surface area contributed by atoms with E-state index in [1.54, 1.807) is 0 Å². The number of nitrogens with two attached hydrogens (primary N) is 1. The summed E-state index contributed by atoms with van der Waals surface area (Å²) in [6, 6.07) is 18.9. The first kappa shape index (κ1) is 15.5. The third-order valence-electron chi connectivity index (χ3n) is 4.79. The first-order valence-corrected chi connectivity index (χ1v) is 8.35. The highest BCUT2D eigenvalue weighted by Crippen LogP contribution is 2.41. The van der Waals surface area contributed by atoms with Crippen molar-refractivity contribution < 1.29 is 4.79 Å². The topological polar surface area (TPSA) is 43.1 Å². The van der Waals surface area contributed by atoms with E-state index in [4.69, 9.17) is 5.73 Å². The maximum atomic E-state index is 11.9. The van der Waals surface area contributed by atoms with Crippen LogP contribution in [0.4, 0.5) is 0 Å². The predicted molar refractivity (Wildman–Crippen MR) is 94.8 cm³/mol. The average Bonchev–Trinajstić information content (AvgIpc) is 2.99. The molecule has 2 N–H and O–H groups in total. The van der Waals surface area contributed by atoms with Crippen LogP contribution in [0.1, 0.15) is 36.5 Å². The van der Waals surface area contributed by atoms with Crippen molar-refractivity contribution in [1.29, 1.82) is 0 Å². The second-order valence-corrected chi connectivity index (χ2v) is 6.19. The fourth-order valence-electron chi connectivity index (χ4n) is 3.68. The summed E-state index contributed by atoms with van der Waals surface area (Å²) < 4.78 is 0. The summed E-state index contributed by atoms with van der Waals surface area (Å²) in [5, 5.41) is 0. The van der Waals surface area contributed by atoms with Gasteiger partial charge in [0.25, 0.3) is 0 Å². The van der Waals surface area contributed by atoms with Crippen molar-refractivity contribution in [2.24, 2.45) is 11.7 Å². The Bertz CT molecular complexity index is 731. The van der Waals surface area contributed by atoms with Crippen molar-refractivity contribution in [2.75, 3.05) is 0 Å². The number of benzene rings is 2. The lowest BCUT2D eigenvalue weighted by Gasteiger charge is -2.19. The largest absolute Gasteiger partial charge is 0.366 e. The molecule has 1 aliphatic carbocycles. The second-order valence-electron chi connectivity index (χ2n) is 6.19. The molecule has 0 aliphatic heterocycles. The number of rotatable bonds is 5. The molecule has 2 nitrogen and oxygen atoms in total. The Morgan fingerprint density at radius 1 is 1.09 bits per heavy atom. The van der Waals surface area contributed by atoms with Crippen LogP contribution in [-0.4, -0.2) is 5.91 Å². The Morgan fingerprint density at radius 3 is 2.48 bits per heavy atom. The number of amides is 1. The first-order chi connectivity index (χ1) is 11.2. The van der Waals surface area contributed by atoms with Crippen LogP contribution in [0.2, 0.25) is 0 Å². The fourth-order valence-corrected chi connectivity index (χ4v) is 3.68. The van der Waals surface area contributed by atoms with Crippen molar-refractivity contribution in [3.8, 4) is 0 Å². The van der Waals surface area contributed by atoms with Crippen molar-refractivity contribution in [1.82, 2.24) is 0 Å². The highest BCUT2D eigenvalue weighted by atomic mass is 16.1. The molecule has 1 unspecified atom stereocenters. The van der Waals surface area contributed by atoms with Gasteiger partial charge in [0.1, 0.15) is 0 Å². The van der Waals surface area contributed by atoms with Gasteiger partial charge >= 0.3 is 0 Å². The van der Waals surface area contributed by atoms with Gasteiger partial charge in [-0.25, -0.2) is 0 Å². The zero-order chi connectivity index (χ0) is 16.2. The number of allylic oxidation sites excluding steroid dienone is 1. The molecule has 2 heteroatoms. The summed E-state index contributed by atoms with van der Waals surface area (Å²) >= 11 is 0. The van der Waals surface area contributed by atoms with Gasteiger partial charge in [-0.3, -0.25) is 4.79 Å². The van der Waals surface area contributed by atoms with Crippen LogP contribution < -0.4 is 5.73 Å². The predicted octanol–water partition coefficient (Wildman–Crippen LogP) is 4.14. The van der Waals surface area contributed by atoms with E-state index in [2.05, 4.69) is 55.5 Å². The molecule has 0 fully saturated rings. The van der Waals surface area contributed by atoms with Gasteiger partial charge in [-0.15, -0.1) is 0 Å². The maximum Gasteiger partial charge on any atom is 0.244 e. The molecule has 3 rings (SSSR count). The number of aryl methyl sites for hydroxylation is 1. The number of hydrogen-bond acceptors (Lipinski definition) is 1. The lowest BCUT2D eigenvalue weighted by molar-refractivity contribution is -0.114. The molecule has 2 aromatic rings. The Balaban J connectivity index is 2.03. The van der Waals surface area contributed by atoms with Crippen molar-refractivity contribution in [3.05, 3.63) is 76.9 Å². The molecular weight excluding hydrogens is 282 g/mol. The van der Waals surface area contributed by atoms with Crippen LogP contribution in [-0.2, 0) is 17.6 Å². The molecule has 2 aromatic carbocycles. The van der Waals surface area contributed by atoms with Gasteiger partial charge in [-0.2, -0.15) is 0 Å². The fraction of sp³-hybridized carbons (Fsp3) is 0.286. The third kappa shape index (κ3) is 3.21. The molecule has 0 spiro atoms. The Kier molecular flexibility index (Phi) is 4.61. The van der Waals surface area contributed by atoms with Gasteiger partial charge in [0.2, 0.25) is 5.91 Å². The Labute approximate surface area is 138 Å². The summed E-state index contributed by atoms with van der Waals surface area (Å²) in [6.07, 6.45) is 3.72. The van der Waals surface area contributed by atoms with Crippen LogP contribution >= 0.6 is 0 Å². The lowest BCUT2D eigenvalue weighted by atomic mass is 9.86. The highest BCUT2D eigenvalue weighted by molar-refractivity contribution is 6.02. The molecule has 118 valence electrons. The van der Waals surface area contributed by atoms with E-state index in [9.17, 15) is 4.79 Å². The smallest absolute Gasteiger partial charge is 0.244 e. The SMILES string of the molecule is CCc1ccccc1C1=C(C(N)=O)CCC1Cc1ccccc1. The molecule has 0 saturated heterocycles. The molecule has 1 amide bonds. The highest BCUT2D eigenvalue weighted by Gasteiger charge is 2.30. The van der Waals surface area contributed by atoms with Gasteiger partial charge in [-0.1, -0.05) is 61.5 Å². The van der Waals surface area contributed by atoms with Gasteiger partial charge in [-0.05, 0) is 53.9 Å². The first-order valence-electron chi connectivity index (χ1n) is 8.35. The number of carbonyl (C=O) groups excluding carboxylic acids is 1. The minimum Gasteiger partial charge on any atom is -0.366 e. The van der Waals surface area contributed by atoms with Crippen molar-refractivity contribution in [3.63, 3.8) is 0 Å². The number of primary amides is 1. The van der Waals surface area contributed by atoms with E-state index in [0.29, 0.717) is 5.92 Å². The molecule has 23 heavy (non-hydrogen) atoms. The van der Waals surface area contributed by atoms with Crippen LogP contribution in [0, 0.1) is 5.92 Å². The molecular formula is C21H23NO. The zero-order valence-corrected chi connectivity index (χ0v) is 13.6. The summed E-state index contributed by atoms with van der Waals surface area (Å²) in [5.41, 5.74) is 11.5. The maximum absolute atomic E-state index is 11.9. The number of carbonyl (C=O) groups is 1. The molecule has 0 radical (unpaired) electrons. The van der Waals surface area contributed by atoms with Gasteiger partial charge < -0.3 is 5.73 Å². The molecule has 0 saturated carbocycles. The minimum absolute atomic E-state index is 0.263. The quantitative estimate of drug-likeness (QED) is 0.886. The van der Waals surface area contributed by atoms with Crippen LogP contribution in [0.15, 0.2) is 60.2 Å². The van der Waals surface area contributed by atoms with Gasteiger partial charge in [0.05, 0.1) is 0 Å². The van der Waals surface area contributed by atoms with Crippen LogP contribution in [0.3, 0.4) is 0 Å². The summed E-state index contributed by atoms with van der Waals surface area (Å²) in [5.74, 6) is 0.106.